The van der Waals surface area contributed by atoms with Crippen LogP contribution < -0.4 is 0 Å². The van der Waals surface area contributed by atoms with E-state index in [9.17, 15) is 4.79 Å². The second-order valence-corrected chi connectivity index (χ2v) is 6.22. The molecule has 0 amide bonds. The lowest BCUT2D eigenvalue weighted by molar-refractivity contribution is 0.104. The number of aromatic nitrogens is 1. The zero-order chi connectivity index (χ0) is 17.4. The molecule has 0 unspecified atom stereocenters. The van der Waals surface area contributed by atoms with Crippen molar-refractivity contribution in [3.63, 3.8) is 0 Å². The van der Waals surface area contributed by atoms with Gasteiger partial charge in [0, 0.05) is 17.5 Å². The van der Waals surface area contributed by atoms with Gasteiger partial charge in [-0.25, -0.2) is 0 Å². The summed E-state index contributed by atoms with van der Waals surface area (Å²) in [5.74, 6) is 0.0408. The third-order valence-corrected chi connectivity index (χ3v) is 4.24. The molecule has 0 aliphatic heterocycles. The molecule has 0 radical (unpaired) electrons. The lowest BCUT2D eigenvalue weighted by Crippen LogP contribution is -2.01. The maximum atomic E-state index is 12.6. The number of carbonyl (C=O) groups is 1. The van der Waals surface area contributed by atoms with Gasteiger partial charge in [0.1, 0.15) is 0 Å². The molecule has 24 heavy (non-hydrogen) atoms. The van der Waals surface area contributed by atoms with E-state index in [-0.39, 0.29) is 5.78 Å². The SMILES string of the molecule is CCCCc1ccc(/C(=C/C(=O)c2cccnc2C)CCC)cc1. The van der Waals surface area contributed by atoms with E-state index in [0.717, 1.165) is 36.1 Å². The molecule has 0 bridgehead atoms. The highest BCUT2D eigenvalue weighted by molar-refractivity contribution is 6.09. The van der Waals surface area contributed by atoms with Gasteiger partial charge >= 0.3 is 0 Å². The minimum Gasteiger partial charge on any atom is -0.289 e. The summed E-state index contributed by atoms with van der Waals surface area (Å²) >= 11 is 0. The third-order valence-electron chi connectivity index (χ3n) is 4.24. The Hall–Kier alpha value is -2.22. The highest BCUT2D eigenvalue weighted by Gasteiger charge is 2.09. The second-order valence-electron chi connectivity index (χ2n) is 6.22. The van der Waals surface area contributed by atoms with Crippen molar-refractivity contribution < 1.29 is 4.79 Å². The Morgan fingerprint density at radius 1 is 1.08 bits per heavy atom. The number of rotatable bonds is 8. The van der Waals surface area contributed by atoms with E-state index < -0.39 is 0 Å². The van der Waals surface area contributed by atoms with Crippen molar-refractivity contribution in [3.8, 4) is 0 Å². The average Bonchev–Trinajstić information content (AvgIpc) is 2.60. The molecule has 0 aliphatic carbocycles. The summed E-state index contributed by atoms with van der Waals surface area (Å²) in [6, 6.07) is 12.3. The van der Waals surface area contributed by atoms with Crippen LogP contribution in [0.5, 0.6) is 0 Å². The number of ketones is 1. The number of aryl methyl sites for hydroxylation is 2. The van der Waals surface area contributed by atoms with Gasteiger partial charge in [0.2, 0.25) is 0 Å². The van der Waals surface area contributed by atoms with E-state index in [1.54, 1.807) is 12.3 Å². The molecule has 2 aromatic rings. The van der Waals surface area contributed by atoms with Crippen molar-refractivity contribution in [2.75, 3.05) is 0 Å². The van der Waals surface area contributed by atoms with Crippen LogP contribution >= 0.6 is 0 Å². The fourth-order valence-corrected chi connectivity index (χ4v) is 2.82. The van der Waals surface area contributed by atoms with Crippen LogP contribution in [0, 0.1) is 6.92 Å². The van der Waals surface area contributed by atoms with Crippen molar-refractivity contribution in [2.24, 2.45) is 0 Å². The molecule has 0 saturated carbocycles. The Balaban J connectivity index is 2.25. The molecule has 126 valence electrons. The molecule has 1 heterocycles. The fraction of sp³-hybridized carbons (Fsp3) is 0.364. The van der Waals surface area contributed by atoms with E-state index in [0.29, 0.717) is 5.56 Å². The lowest BCUT2D eigenvalue weighted by atomic mass is 9.96. The smallest absolute Gasteiger partial charge is 0.187 e. The first kappa shape index (κ1) is 18.1. The van der Waals surface area contributed by atoms with Crippen molar-refractivity contribution in [3.05, 3.63) is 71.1 Å². The molecule has 0 aliphatic rings. The van der Waals surface area contributed by atoms with E-state index in [1.807, 2.05) is 19.1 Å². The largest absolute Gasteiger partial charge is 0.289 e. The zero-order valence-electron chi connectivity index (χ0n) is 15.0. The molecule has 0 atom stereocenters. The molecular weight excluding hydrogens is 294 g/mol. The first-order valence-electron chi connectivity index (χ1n) is 8.91. The summed E-state index contributed by atoms with van der Waals surface area (Å²) in [6.07, 6.45) is 8.98. The minimum absolute atomic E-state index is 0.0408. The molecule has 0 saturated heterocycles. The van der Waals surface area contributed by atoms with Gasteiger partial charge < -0.3 is 0 Å². The number of nitrogens with zero attached hydrogens (tertiary/aromatic N) is 1. The highest BCUT2D eigenvalue weighted by Crippen LogP contribution is 2.22. The predicted molar refractivity (Wildman–Crippen MR) is 101 cm³/mol. The zero-order valence-corrected chi connectivity index (χ0v) is 15.0. The number of benzene rings is 1. The van der Waals surface area contributed by atoms with Gasteiger partial charge in [-0.15, -0.1) is 0 Å². The first-order valence-corrected chi connectivity index (χ1v) is 8.91. The minimum atomic E-state index is 0.0408. The van der Waals surface area contributed by atoms with Crippen LogP contribution in [0.25, 0.3) is 5.57 Å². The number of hydrogen-bond donors (Lipinski definition) is 0. The molecule has 0 spiro atoms. The molecular formula is C22H27NO. The summed E-state index contributed by atoms with van der Waals surface area (Å²) in [5, 5.41) is 0. The summed E-state index contributed by atoms with van der Waals surface area (Å²) in [6.45, 7) is 6.23. The average molecular weight is 321 g/mol. The van der Waals surface area contributed by atoms with Crippen LogP contribution in [0.3, 0.4) is 0 Å². The number of carbonyl (C=O) groups excluding carboxylic acids is 1. The van der Waals surface area contributed by atoms with E-state index in [4.69, 9.17) is 0 Å². The molecule has 2 rings (SSSR count). The topological polar surface area (TPSA) is 30.0 Å². The number of pyridine rings is 1. The molecule has 2 nitrogen and oxygen atoms in total. The molecule has 2 heteroatoms. The van der Waals surface area contributed by atoms with E-state index in [2.05, 4.69) is 43.1 Å². The van der Waals surface area contributed by atoms with Gasteiger partial charge in [0.05, 0.1) is 0 Å². The lowest BCUT2D eigenvalue weighted by Gasteiger charge is -2.09. The molecule has 1 aromatic heterocycles. The highest BCUT2D eigenvalue weighted by atomic mass is 16.1. The Kier molecular flexibility index (Phi) is 6.92. The third kappa shape index (κ3) is 4.89. The van der Waals surface area contributed by atoms with E-state index in [1.165, 1.54) is 18.4 Å². The quantitative estimate of drug-likeness (QED) is 0.454. The number of hydrogen-bond acceptors (Lipinski definition) is 2. The van der Waals surface area contributed by atoms with Crippen LogP contribution in [-0.4, -0.2) is 10.8 Å². The summed E-state index contributed by atoms with van der Waals surface area (Å²) in [5.41, 5.74) is 5.08. The summed E-state index contributed by atoms with van der Waals surface area (Å²) in [7, 11) is 0. The van der Waals surface area contributed by atoms with Crippen molar-refractivity contribution in [2.45, 2.75) is 52.9 Å². The van der Waals surface area contributed by atoms with Crippen LogP contribution in [-0.2, 0) is 6.42 Å². The van der Waals surface area contributed by atoms with Crippen molar-refractivity contribution in [1.82, 2.24) is 4.98 Å². The molecule has 0 fully saturated rings. The standard InChI is InChI=1S/C22H27NO/c1-4-6-9-18-11-13-19(14-12-18)20(8-5-2)16-22(24)21-10-7-15-23-17(21)3/h7,10-16H,4-6,8-9H2,1-3H3/b20-16+. The maximum Gasteiger partial charge on any atom is 0.187 e. The Morgan fingerprint density at radius 2 is 1.83 bits per heavy atom. The number of unbranched alkanes of at least 4 members (excludes halogenated alkanes) is 1. The van der Waals surface area contributed by atoms with Gasteiger partial charge in [-0.05, 0) is 61.1 Å². The van der Waals surface area contributed by atoms with Crippen LogP contribution in [0.1, 0.15) is 66.7 Å². The van der Waals surface area contributed by atoms with Gasteiger partial charge in [0.15, 0.2) is 5.78 Å². The van der Waals surface area contributed by atoms with Crippen LogP contribution in [0.2, 0.25) is 0 Å². The molecule has 1 aromatic carbocycles. The van der Waals surface area contributed by atoms with Gasteiger partial charge in [-0.3, -0.25) is 9.78 Å². The number of allylic oxidation sites excluding steroid dienone is 2. The van der Waals surface area contributed by atoms with Gasteiger partial charge in [0.25, 0.3) is 0 Å². The van der Waals surface area contributed by atoms with Crippen LogP contribution in [0.4, 0.5) is 0 Å². The maximum absolute atomic E-state index is 12.6. The van der Waals surface area contributed by atoms with Gasteiger partial charge in [-0.2, -0.15) is 0 Å². The normalized spacial score (nSPS) is 11.5. The van der Waals surface area contributed by atoms with Crippen molar-refractivity contribution >= 4 is 11.4 Å². The molecule has 0 N–H and O–H groups in total. The van der Waals surface area contributed by atoms with Crippen LogP contribution in [0.15, 0.2) is 48.7 Å². The summed E-state index contributed by atoms with van der Waals surface area (Å²) < 4.78 is 0. The van der Waals surface area contributed by atoms with Crippen molar-refractivity contribution in [1.29, 1.82) is 0 Å². The second kappa shape index (κ2) is 9.17. The Labute approximate surface area is 145 Å². The van der Waals surface area contributed by atoms with Gasteiger partial charge in [-0.1, -0.05) is 51.0 Å². The Bertz CT molecular complexity index is 698. The summed E-state index contributed by atoms with van der Waals surface area (Å²) in [4.78, 5) is 16.8. The first-order chi connectivity index (χ1) is 11.7. The Morgan fingerprint density at radius 3 is 2.46 bits per heavy atom. The van der Waals surface area contributed by atoms with E-state index >= 15 is 0 Å². The predicted octanol–water partition coefficient (Wildman–Crippen LogP) is 5.80. The monoisotopic (exact) mass is 321 g/mol. The fourth-order valence-electron chi connectivity index (χ4n) is 2.82.